The molecule has 1 heterocycles. The van der Waals surface area contributed by atoms with Crippen molar-refractivity contribution in [1.82, 2.24) is 9.80 Å². The molecule has 0 saturated carbocycles. The van der Waals surface area contributed by atoms with Gasteiger partial charge in [-0.05, 0) is 43.4 Å². The number of carbonyl (C=O) groups excluding carboxylic acids is 3. The van der Waals surface area contributed by atoms with Crippen LogP contribution in [0.25, 0.3) is 0 Å². The molecule has 1 aromatic carbocycles. The van der Waals surface area contributed by atoms with Gasteiger partial charge in [0.25, 0.3) is 0 Å². The lowest BCUT2D eigenvalue weighted by molar-refractivity contribution is -0.132. The number of carbonyl (C=O) groups is 3. The lowest BCUT2D eigenvalue weighted by atomic mass is 10.0. The molecule has 0 radical (unpaired) electrons. The maximum Gasteiger partial charge on any atom is 0.409 e. The van der Waals surface area contributed by atoms with Crippen LogP contribution in [0, 0.1) is 0 Å². The normalized spacial score (nSPS) is 16.3. The highest BCUT2D eigenvalue weighted by Gasteiger charge is 2.25. The van der Waals surface area contributed by atoms with Crippen molar-refractivity contribution in [2.45, 2.75) is 39.0 Å². The second-order valence-corrected chi connectivity index (χ2v) is 6.83. The van der Waals surface area contributed by atoms with E-state index < -0.39 is 0 Å². The molecule has 1 fully saturated rings. The van der Waals surface area contributed by atoms with Crippen molar-refractivity contribution in [3.8, 4) is 0 Å². The van der Waals surface area contributed by atoms with Gasteiger partial charge in [0.1, 0.15) is 0 Å². The summed E-state index contributed by atoms with van der Waals surface area (Å²) in [5.74, 6) is 0.00114. The Morgan fingerprint density at radius 1 is 0.962 bits per heavy atom. The van der Waals surface area contributed by atoms with E-state index in [1.54, 1.807) is 16.7 Å². The van der Waals surface area contributed by atoms with E-state index in [0.717, 1.165) is 19.3 Å². The number of rotatable bonds is 5. The smallest absolute Gasteiger partial charge is 0.409 e. The molecule has 140 valence electrons. The highest BCUT2D eigenvalue weighted by molar-refractivity contribution is 5.98. The first-order chi connectivity index (χ1) is 12.6. The van der Waals surface area contributed by atoms with Gasteiger partial charge in [-0.3, -0.25) is 9.59 Å². The minimum absolute atomic E-state index is 0.0250. The molecule has 1 aliphatic carbocycles. The summed E-state index contributed by atoms with van der Waals surface area (Å²) in [4.78, 5) is 39.8. The van der Waals surface area contributed by atoms with Crippen molar-refractivity contribution in [2.75, 3.05) is 32.8 Å². The molecule has 1 aliphatic heterocycles. The zero-order valence-corrected chi connectivity index (χ0v) is 15.3. The number of ketones is 1. The van der Waals surface area contributed by atoms with E-state index in [1.165, 1.54) is 11.1 Å². The number of Topliss-reactive ketones (excluding diaryl/α,β-unsaturated/α-hetero) is 1. The second kappa shape index (κ2) is 8.34. The van der Waals surface area contributed by atoms with Crippen LogP contribution in [0.5, 0.6) is 0 Å². The Kier molecular flexibility index (Phi) is 5.91. The Morgan fingerprint density at radius 2 is 1.65 bits per heavy atom. The summed E-state index contributed by atoms with van der Waals surface area (Å²) in [6.07, 6.45) is 3.42. The topological polar surface area (TPSA) is 66.9 Å². The van der Waals surface area contributed by atoms with E-state index in [-0.39, 0.29) is 30.6 Å². The van der Waals surface area contributed by atoms with E-state index in [0.29, 0.717) is 38.3 Å². The Bertz CT molecular complexity index is 693. The molecule has 0 spiro atoms. The summed E-state index contributed by atoms with van der Waals surface area (Å²) in [5.41, 5.74) is 3.33. The number of ether oxygens (including phenoxy) is 1. The number of nitrogens with zero attached hydrogens (tertiary/aromatic N) is 2. The minimum Gasteiger partial charge on any atom is -0.450 e. The standard InChI is InChI=1S/C20H26N2O4/c1-2-26-20(25)22-12-10-21(11-13-22)19(24)9-8-18(23)17-7-6-15-4-3-5-16(15)14-17/h6-7,14H,2-5,8-13H2,1H3. The average molecular weight is 358 g/mol. The lowest BCUT2D eigenvalue weighted by Gasteiger charge is -2.34. The van der Waals surface area contributed by atoms with E-state index in [2.05, 4.69) is 0 Å². The van der Waals surface area contributed by atoms with Crippen molar-refractivity contribution < 1.29 is 19.1 Å². The maximum atomic E-state index is 12.4. The first-order valence-corrected chi connectivity index (χ1v) is 9.43. The van der Waals surface area contributed by atoms with E-state index in [1.807, 2.05) is 18.2 Å². The van der Waals surface area contributed by atoms with Gasteiger partial charge in [-0.1, -0.05) is 12.1 Å². The quantitative estimate of drug-likeness (QED) is 0.758. The van der Waals surface area contributed by atoms with E-state index in [9.17, 15) is 14.4 Å². The number of piperazine rings is 1. The maximum absolute atomic E-state index is 12.4. The lowest BCUT2D eigenvalue weighted by Crippen LogP contribution is -2.50. The van der Waals surface area contributed by atoms with Crippen molar-refractivity contribution in [3.05, 3.63) is 34.9 Å². The monoisotopic (exact) mass is 358 g/mol. The molecular formula is C20H26N2O4. The Labute approximate surface area is 154 Å². The van der Waals surface area contributed by atoms with Gasteiger partial charge < -0.3 is 14.5 Å². The summed E-state index contributed by atoms with van der Waals surface area (Å²) in [6, 6.07) is 5.92. The molecule has 1 saturated heterocycles. The molecule has 2 amide bonds. The van der Waals surface area contributed by atoms with Crippen LogP contribution >= 0.6 is 0 Å². The third kappa shape index (κ3) is 4.23. The van der Waals surface area contributed by atoms with Crippen LogP contribution in [0.15, 0.2) is 18.2 Å². The SMILES string of the molecule is CCOC(=O)N1CCN(C(=O)CCC(=O)c2ccc3c(c2)CCC3)CC1. The molecule has 2 aliphatic rings. The zero-order chi connectivity index (χ0) is 18.5. The van der Waals surface area contributed by atoms with Crippen LogP contribution in [0.4, 0.5) is 4.79 Å². The largest absolute Gasteiger partial charge is 0.450 e. The molecule has 0 aromatic heterocycles. The van der Waals surface area contributed by atoms with Gasteiger partial charge in [-0.2, -0.15) is 0 Å². The molecule has 6 nitrogen and oxygen atoms in total. The molecule has 26 heavy (non-hydrogen) atoms. The van der Waals surface area contributed by atoms with Crippen LogP contribution in [0.2, 0.25) is 0 Å². The fraction of sp³-hybridized carbons (Fsp3) is 0.550. The number of amides is 2. The number of benzene rings is 1. The minimum atomic E-state index is -0.327. The molecule has 3 rings (SSSR count). The summed E-state index contributed by atoms with van der Waals surface area (Å²) in [5, 5.41) is 0. The first kappa shape index (κ1) is 18.4. The molecular weight excluding hydrogens is 332 g/mol. The van der Waals surface area contributed by atoms with Crippen LogP contribution in [-0.4, -0.2) is 60.4 Å². The fourth-order valence-corrected chi connectivity index (χ4v) is 3.62. The second-order valence-electron chi connectivity index (χ2n) is 6.83. The van der Waals surface area contributed by atoms with E-state index >= 15 is 0 Å². The van der Waals surface area contributed by atoms with Crippen LogP contribution in [0.3, 0.4) is 0 Å². The van der Waals surface area contributed by atoms with Gasteiger partial charge in [0.15, 0.2) is 5.78 Å². The Hall–Kier alpha value is -2.37. The van der Waals surface area contributed by atoms with Crippen LogP contribution < -0.4 is 0 Å². The van der Waals surface area contributed by atoms with Crippen molar-refractivity contribution in [1.29, 1.82) is 0 Å². The van der Waals surface area contributed by atoms with Crippen LogP contribution in [-0.2, 0) is 22.4 Å². The summed E-state index contributed by atoms with van der Waals surface area (Å²) >= 11 is 0. The molecule has 0 atom stereocenters. The predicted molar refractivity (Wildman–Crippen MR) is 97.2 cm³/mol. The van der Waals surface area contributed by atoms with Crippen molar-refractivity contribution in [2.24, 2.45) is 0 Å². The molecule has 0 unspecified atom stereocenters. The number of hydrogen-bond donors (Lipinski definition) is 0. The predicted octanol–water partition coefficient (Wildman–Crippen LogP) is 2.44. The number of aryl methyl sites for hydroxylation is 2. The molecule has 0 bridgehead atoms. The summed E-state index contributed by atoms with van der Waals surface area (Å²) < 4.78 is 4.98. The number of fused-ring (bicyclic) bond motifs is 1. The highest BCUT2D eigenvalue weighted by atomic mass is 16.6. The highest BCUT2D eigenvalue weighted by Crippen LogP contribution is 2.23. The third-order valence-corrected chi connectivity index (χ3v) is 5.14. The first-order valence-electron chi connectivity index (χ1n) is 9.43. The van der Waals surface area contributed by atoms with Gasteiger partial charge in [0.05, 0.1) is 6.61 Å². The van der Waals surface area contributed by atoms with Gasteiger partial charge in [-0.25, -0.2) is 4.79 Å². The molecule has 6 heteroatoms. The summed E-state index contributed by atoms with van der Waals surface area (Å²) in [7, 11) is 0. The number of hydrogen-bond acceptors (Lipinski definition) is 4. The molecule has 1 aromatic rings. The van der Waals surface area contributed by atoms with Gasteiger partial charge in [0, 0.05) is 44.6 Å². The van der Waals surface area contributed by atoms with Crippen molar-refractivity contribution >= 4 is 17.8 Å². The van der Waals surface area contributed by atoms with Crippen LogP contribution in [0.1, 0.15) is 47.7 Å². The van der Waals surface area contributed by atoms with Crippen molar-refractivity contribution in [3.63, 3.8) is 0 Å². The Balaban J connectivity index is 1.45. The zero-order valence-electron chi connectivity index (χ0n) is 15.3. The Morgan fingerprint density at radius 3 is 2.38 bits per heavy atom. The van der Waals surface area contributed by atoms with E-state index in [4.69, 9.17) is 4.74 Å². The average Bonchev–Trinajstić information content (AvgIpc) is 3.14. The third-order valence-electron chi connectivity index (χ3n) is 5.14. The summed E-state index contributed by atoms with van der Waals surface area (Å²) in [6.45, 7) is 4.06. The van der Waals surface area contributed by atoms with Gasteiger partial charge in [0.2, 0.25) is 5.91 Å². The molecule has 0 N–H and O–H groups in total. The van der Waals surface area contributed by atoms with Gasteiger partial charge in [-0.15, -0.1) is 0 Å². The van der Waals surface area contributed by atoms with Gasteiger partial charge >= 0.3 is 6.09 Å². The fourth-order valence-electron chi connectivity index (χ4n) is 3.62.